The van der Waals surface area contributed by atoms with E-state index in [2.05, 4.69) is 47.5 Å². The summed E-state index contributed by atoms with van der Waals surface area (Å²) in [7, 11) is 0. The Morgan fingerprint density at radius 3 is 1.65 bits per heavy atom. The number of aliphatic carboxylic acids is 1. The number of esters is 1. The number of carboxylic acids is 1. The molecule has 85 heavy (non-hydrogen) atoms. The van der Waals surface area contributed by atoms with Crippen molar-refractivity contribution in [3.8, 4) is 5.75 Å². The van der Waals surface area contributed by atoms with Crippen LogP contribution in [-0.2, 0) is 76.7 Å². The molecule has 0 fully saturated rings. The Balaban J connectivity index is 1.35. The van der Waals surface area contributed by atoms with Crippen LogP contribution in [0.2, 0.25) is 0 Å². The maximum Gasteiger partial charge on any atom is 0.408 e. The lowest BCUT2D eigenvalue weighted by atomic mass is 10.0. The Labute approximate surface area is 492 Å². The number of rotatable bonds is 33. The van der Waals surface area contributed by atoms with Gasteiger partial charge < -0.3 is 78.7 Å². The molecular weight excluding hydrogens is 1100 g/mol. The standard InChI is InChI=1S/C59H81N11O15/c1-58(2,3)84-50(76)32-46(56(82)68-44(51(61)77)29-35-15-8-7-9-16-35)69-54(80)43(66-52(78)40(60)31-37-33-64-41-18-11-10-17-39(37)41)20-14-28-63-48(73)22-12-21-47(72)62-27-13-19-42(53(79)65-34-49(74)75)67-55(81)45(70-57(83)85-59(4,5)6)30-36-23-25-38(71)26-24-36/h7-11,15-18,23-26,33,40,42-46,64,71H,12-14,19-22,27-32,34,60H2,1-6H3,(H2,61,77)(H,62,72)(H,63,73)(H,65,79)(H,66,78)(H,67,81)(H,68,82)(H,69,80)(H,70,83)(H,74,75)/t40-,42-,43-,44-,45-,46-/m0/s1. The zero-order valence-electron chi connectivity index (χ0n) is 48.8. The number of aromatic nitrogens is 1. The van der Waals surface area contributed by atoms with Gasteiger partial charge in [0.2, 0.25) is 47.3 Å². The van der Waals surface area contributed by atoms with Crippen LogP contribution in [0.1, 0.15) is 110 Å². The summed E-state index contributed by atoms with van der Waals surface area (Å²) in [4.78, 5) is 147. The molecule has 462 valence electrons. The molecule has 26 heteroatoms. The average Bonchev–Trinajstić information content (AvgIpc) is 4.07. The van der Waals surface area contributed by atoms with Crippen molar-refractivity contribution in [1.29, 1.82) is 0 Å². The molecule has 0 saturated carbocycles. The molecule has 6 atom stereocenters. The summed E-state index contributed by atoms with van der Waals surface area (Å²) in [6.45, 7) is 9.01. The Morgan fingerprint density at radius 1 is 0.553 bits per heavy atom. The highest BCUT2D eigenvalue weighted by Crippen LogP contribution is 2.20. The fourth-order valence-electron chi connectivity index (χ4n) is 8.56. The third-order valence-electron chi connectivity index (χ3n) is 12.7. The number of ether oxygens (including phenoxy) is 2. The number of hydrogen-bond acceptors (Lipinski definition) is 15. The third kappa shape index (κ3) is 25.9. The van der Waals surface area contributed by atoms with E-state index in [0.717, 1.165) is 16.5 Å². The van der Waals surface area contributed by atoms with Gasteiger partial charge in [-0.2, -0.15) is 0 Å². The van der Waals surface area contributed by atoms with Gasteiger partial charge in [-0.1, -0.05) is 60.7 Å². The van der Waals surface area contributed by atoms with Crippen molar-refractivity contribution in [2.75, 3.05) is 19.6 Å². The molecule has 3 aromatic carbocycles. The average molecular weight is 1180 g/mol. The van der Waals surface area contributed by atoms with Crippen molar-refractivity contribution in [2.24, 2.45) is 11.5 Å². The molecular formula is C59H81N11O15. The van der Waals surface area contributed by atoms with Crippen LogP contribution < -0.4 is 54.0 Å². The Hall–Kier alpha value is -9.07. The number of nitrogens with two attached hydrogens (primary N) is 2. The number of para-hydroxylation sites is 1. The molecule has 0 saturated heterocycles. The van der Waals surface area contributed by atoms with E-state index < -0.39 is 126 Å². The van der Waals surface area contributed by atoms with Gasteiger partial charge >= 0.3 is 18.0 Å². The summed E-state index contributed by atoms with van der Waals surface area (Å²) in [6.07, 6.45) is 0.127. The van der Waals surface area contributed by atoms with E-state index in [0.29, 0.717) is 11.1 Å². The quantitative estimate of drug-likeness (QED) is 0.0237. The first-order valence-electron chi connectivity index (χ1n) is 27.9. The number of fused-ring (bicyclic) bond motifs is 1. The number of amides is 9. The summed E-state index contributed by atoms with van der Waals surface area (Å²) in [5.74, 6) is -8.15. The number of benzene rings is 3. The van der Waals surface area contributed by atoms with Crippen molar-refractivity contribution >= 4 is 76.2 Å². The van der Waals surface area contributed by atoms with Gasteiger partial charge in [0, 0.05) is 55.9 Å². The van der Waals surface area contributed by atoms with Crippen molar-refractivity contribution in [3.63, 3.8) is 0 Å². The number of carboxylic acid groups (broad SMARTS) is 1. The fraction of sp³-hybridized carbons (Fsp3) is 0.475. The summed E-state index contributed by atoms with van der Waals surface area (Å²) < 4.78 is 10.8. The SMILES string of the molecule is CC(C)(C)OC(=O)C[C@H](NC(=O)[C@H](CCCNC(=O)CCCC(=O)NCCC[C@H](NC(=O)[C@H](Cc1ccc(O)cc1)NC(=O)OC(C)(C)C)C(=O)NCC(=O)O)NC(=O)[C@@H](N)Cc1c[nH]c2ccccc12)C(=O)N[C@@H](Cc1ccccc1)C(N)=O. The Kier molecular flexibility index (Phi) is 26.8. The molecule has 4 rings (SSSR count). The van der Waals surface area contributed by atoms with E-state index in [-0.39, 0.29) is 83.0 Å². The number of primary amides is 1. The van der Waals surface area contributed by atoms with E-state index in [1.807, 2.05) is 24.3 Å². The van der Waals surface area contributed by atoms with Crippen molar-refractivity contribution < 1.29 is 72.4 Å². The Morgan fingerprint density at radius 2 is 1.06 bits per heavy atom. The van der Waals surface area contributed by atoms with Gasteiger partial charge in [-0.15, -0.1) is 0 Å². The first-order valence-corrected chi connectivity index (χ1v) is 27.9. The predicted molar refractivity (Wildman–Crippen MR) is 311 cm³/mol. The lowest BCUT2D eigenvalue weighted by Gasteiger charge is -2.26. The summed E-state index contributed by atoms with van der Waals surface area (Å²) in [5.41, 5.74) is 13.0. The lowest BCUT2D eigenvalue weighted by Crippen LogP contribution is -2.58. The van der Waals surface area contributed by atoms with Crippen molar-refractivity contribution in [3.05, 3.63) is 102 Å². The monoisotopic (exact) mass is 1180 g/mol. The van der Waals surface area contributed by atoms with Crippen LogP contribution in [0, 0.1) is 0 Å². The van der Waals surface area contributed by atoms with Gasteiger partial charge in [0.25, 0.3) is 0 Å². The topological polar surface area (TPSA) is 411 Å². The zero-order chi connectivity index (χ0) is 62.9. The van der Waals surface area contributed by atoms with Crippen LogP contribution in [0.15, 0.2) is 85.1 Å². The van der Waals surface area contributed by atoms with Crippen LogP contribution in [0.5, 0.6) is 5.75 Å². The molecule has 0 spiro atoms. The maximum atomic E-state index is 14.2. The molecule has 0 unspecified atom stereocenters. The van der Waals surface area contributed by atoms with Crippen molar-refractivity contribution in [1.82, 2.24) is 47.5 Å². The molecule has 0 bridgehead atoms. The van der Waals surface area contributed by atoms with Gasteiger partial charge in [0.15, 0.2) is 0 Å². The van der Waals surface area contributed by atoms with E-state index in [1.165, 1.54) is 24.3 Å². The lowest BCUT2D eigenvalue weighted by molar-refractivity contribution is -0.156. The van der Waals surface area contributed by atoms with Crippen LogP contribution in [0.3, 0.4) is 0 Å². The molecule has 15 N–H and O–H groups in total. The van der Waals surface area contributed by atoms with Gasteiger partial charge in [-0.25, -0.2) is 4.79 Å². The van der Waals surface area contributed by atoms with Crippen LogP contribution in [0.4, 0.5) is 4.79 Å². The highest BCUT2D eigenvalue weighted by atomic mass is 16.6. The summed E-state index contributed by atoms with van der Waals surface area (Å²) in [5, 5.41) is 40.2. The number of aromatic amines is 1. The zero-order valence-corrected chi connectivity index (χ0v) is 48.8. The first kappa shape index (κ1) is 68.4. The van der Waals surface area contributed by atoms with Gasteiger partial charge in [0.05, 0.1) is 12.5 Å². The van der Waals surface area contributed by atoms with Crippen molar-refractivity contribution in [2.45, 2.75) is 160 Å². The minimum absolute atomic E-state index is 0.0000431. The minimum atomic E-state index is -1.61. The van der Waals surface area contributed by atoms with Gasteiger partial charge in [0.1, 0.15) is 53.7 Å². The number of aromatic hydroxyl groups is 1. The van der Waals surface area contributed by atoms with Crippen LogP contribution in [0.25, 0.3) is 10.9 Å². The maximum absolute atomic E-state index is 14.2. The minimum Gasteiger partial charge on any atom is -0.508 e. The van der Waals surface area contributed by atoms with Crippen LogP contribution in [-0.4, -0.2) is 148 Å². The predicted octanol–water partition coefficient (Wildman–Crippen LogP) is 1.44. The highest BCUT2D eigenvalue weighted by molar-refractivity contribution is 5.97. The number of phenols is 1. The number of carbonyl (C=O) groups excluding carboxylic acids is 10. The highest BCUT2D eigenvalue weighted by Gasteiger charge is 2.34. The second-order valence-corrected chi connectivity index (χ2v) is 22.3. The number of alkyl carbamates (subject to hydrolysis) is 1. The van der Waals surface area contributed by atoms with E-state index in [1.54, 1.807) is 78.1 Å². The molecule has 1 heterocycles. The molecule has 1 aromatic heterocycles. The second-order valence-electron chi connectivity index (χ2n) is 22.3. The fourth-order valence-corrected chi connectivity index (χ4v) is 8.56. The van der Waals surface area contributed by atoms with Crippen LogP contribution >= 0.6 is 0 Å². The molecule has 0 aliphatic rings. The summed E-state index contributed by atoms with van der Waals surface area (Å²) >= 11 is 0. The second kappa shape index (κ2) is 33.3. The number of phenolic OH excluding ortho intramolecular Hbond substituents is 1. The molecule has 0 radical (unpaired) electrons. The molecule has 9 amide bonds. The molecule has 4 aromatic rings. The number of carbonyl (C=O) groups is 11. The van der Waals surface area contributed by atoms with Gasteiger partial charge in [-0.05, 0) is 115 Å². The largest absolute Gasteiger partial charge is 0.508 e. The molecule has 26 nitrogen and oxygen atoms in total. The number of nitrogens with one attached hydrogen (secondary N) is 9. The van der Waals surface area contributed by atoms with E-state index in [4.69, 9.17) is 20.9 Å². The summed E-state index contributed by atoms with van der Waals surface area (Å²) in [6, 6.07) is 14.0. The normalized spacial score (nSPS) is 13.4. The van der Waals surface area contributed by atoms with E-state index in [9.17, 15) is 63.0 Å². The third-order valence-corrected chi connectivity index (χ3v) is 12.7. The molecule has 0 aliphatic carbocycles. The Bertz CT molecular complexity index is 2940. The molecule has 0 aliphatic heterocycles. The van der Waals surface area contributed by atoms with Gasteiger partial charge in [-0.3, -0.25) is 47.9 Å². The van der Waals surface area contributed by atoms with E-state index >= 15 is 0 Å². The number of H-pyrrole nitrogens is 1. The smallest absolute Gasteiger partial charge is 0.408 e. The first-order chi connectivity index (χ1) is 40.0. The number of hydrogen-bond donors (Lipinski definition) is 13.